The Morgan fingerprint density at radius 1 is 1.24 bits per heavy atom. The van der Waals surface area contributed by atoms with Crippen LogP contribution >= 0.6 is 0 Å². The van der Waals surface area contributed by atoms with E-state index in [9.17, 15) is 0 Å². The molecule has 1 heterocycles. The summed E-state index contributed by atoms with van der Waals surface area (Å²) in [5, 5.41) is 3.40. The Labute approximate surface area is 128 Å². The molecule has 0 saturated heterocycles. The molecule has 2 aromatic rings. The van der Waals surface area contributed by atoms with E-state index in [1.54, 1.807) is 0 Å². The fourth-order valence-corrected chi connectivity index (χ4v) is 2.65. The van der Waals surface area contributed by atoms with Crippen LogP contribution in [0.1, 0.15) is 45.5 Å². The molecule has 0 radical (unpaired) electrons. The minimum absolute atomic E-state index is 0.721. The van der Waals surface area contributed by atoms with Gasteiger partial charge in [-0.25, -0.2) is 4.98 Å². The number of fused-ring (bicyclic) bond motifs is 1. The number of likely N-dealkylation sites (N-methyl/N-ethyl adjacent to an activating group) is 1. The summed E-state index contributed by atoms with van der Waals surface area (Å²) in [6.07, 6.45) is 3.28. The highest BCUT2D eigenvalue weighted by molar-refractivity contribution is 5.77. The summed E-state index contributed by atoms with van der Waals surface area (Å²) in [6.45, 7) is 12.0. The quantitative estimate of drug-likeness (QED) is 0.748. The first-order valence-corrected chi connectivity index (χ1v) is 8.34. The normalized spacial score (nSPS) is 11.7. The van der Waals surface area contributed by atoms with Gasteiger partial charge in [0.15, 0.2) is 0 Å². The van der Waals surface area contributed by atoms with Crippen LogP contribution < -0.4 is 5.32 Å². The van der Waals surface area contributed by atoms with Gasteiger partial charge in [0.2, 0.25) is 0 Å². The van der Waals surface area contributed by atoms with Crippen molar-refractivity contribution in [1.29, 1.82) is 0 Å². The molecule has 1 aromatic heterocycles. The predicted molar refractivity (Wildman–Crippen MR) is 90.8 cm³/mol. The van der Waals surface area contributed by atoms with Gasteiger partial charge in [-0.3, -0.25) is 0 Å². The summed E-state index contributed by atoms with van der Waals surface area (Å²) >= 11 is 0. The van der Waals surface area contributed by atoms with E-state index < -0.39 is 0 Å². The number of aryl methyl sites for hydroxylation is 2. The molecule has 0 amide bonds. The van der Waals surface area contributed by atoms with Crippen molar-refractivity contribution in [2.75, 3.05) is 13.1 Å². The number of benzene rings is 1. The second kappa shape index (κ2) is 7.60. The summed E-state index contributed by atoms with van der Waals surface area (Å²) in [6, 6.07) is 6.74. The van der Waals surface area contributed by atoms with Gasteiger partial charge < -0.3 is 9.88 Å². The molecule has 1 N–H and O–H groups in total. The summed E-state index contributed by atoms with van der Waals surface area (Å²) in [7, 11) is 0. The lowest BCUT2D eigenvalue weighted by Crippen LogP contribution is -2.18. The van der Waals surface area contributed by atoms with E-state index in [2.05, 4.69) is 55.8 Å². The first-order chi connectivity index (χ1) is 10.2. The minimum Gasteiger partial charge on any atom is -0.328 e. The van der Waals surface area contributed by atoms with Gasteiger partial charge in [-0.1, -0.05) is 33.8 Å². The lowest BCUT2D eigenvalue weighted by atomic mass is 10.1. The number of aromatic nitrogens is 2. The van der Waals surface area contributed by atoms with Crippen LogP contribution in [0.25, 0.3) is 11.0 Å². The monoisotopic (exact) mass is 287 g/mol. The molecular weight excluding hydrogens is 258 g/mol. The SMILES string of the molecule is CCNCCc1nc2cc(CC)ccc2n1CCC(C)C. The lowest BCUT2D eigenvalue weighted by molar-refractivity contribution is 0.509. The first-order valence-electron chi connectivity index (χ1n) is 8.34. The molecule has 2 rings (SSSR count). The molecule has 3 nitrogen and oxygen atoms in total. The van der Waals surface area contributed by atoms with Gasteiger partial charge in [0.05, 0.1) is 11.0 Å². The summed E-state index contributed by atoms with van der Waals surface area (Å²) in [5.41, 5.74) is 3.82. The number of nitrogens with zero attached hydrogens (tertiary/aromatic N) is 2. The van der Waals surface area contributed by atoms with E-state index in [1.165, 1.54) is 23.3 Å². The van der Waals surface area contributed by atoms with Gasteiger partial charge in [0.25, 0.3) is 0 Å². The Morgan fingerprint density at radius 2 is 2.05 bits per heavy atom. The molecule has 0 atom stereocenters. The van der Waals surface area contributed by atoms with Gasteiger partial charge in [0, 0.05) is 19.5 Å². The van der Waals surface area contributed by atoms with Crippen LogP contribution in [0.3, 0.4) is 0 Å². The first kappa shape index (κ1) is 16.0. The average molecular weight is 287 g/mol. The molecule has 0 unspecified atom stereocenters. The van der Waals surface area contributed by atoms with E-state index in [0.29, 0.717) is 0 Å². The average Bonchev–Trinajstić information content (AvgIpc) is 2.81. The Bertz CT molecular complexity index is 569. The molecule has 3 heteroatoms. The van der Waals surface area contributed by atoms with Crippen molar-refractivity contribution in [2.45, 2.75) is 53.5 Å². The van der Waals surface area contributed by atoms with Crippen LogP contribution in [0.2, 0.25) is 0 Å². The largest absolute Gasteiger partial charge is 0.328 e. The molecule has 0 fully saturated rings. The molecule has 116 valence electrons. The third-order valence-corrected chi connectivity index (χ3v) is 4.01. The number of rotatable bonds is 8. The molecule has 0 spiro atoms. The van der Waals surface area contributed by atoms with Crippen LogP contribution in [-0.2, 0) is 19.4 Å². The van der Waals surface area contributed by atoms with Crippen molar-refractivity contribution in [1.82, 2.24) is 14.9 Å². The number of hydrogen-bond donors (Lipinski definition) is 1. The minimum atomic E-state index is 0.721. The molecule has 0 aliphatic carbocycles. The Morgan fingerprint density at radius 3 is 2.71 bits per heavy atom. The molecule has 0 aliphatic heterocycles. The van der Waals surface area contributed by atoms with Crippen LogP contribution in [0.5, 0.6) is 0 Å². The molecule has 0 bridgehead atoms. The molecule has 1 aromatic carbocycles. The highest BCUT2D eigenvalue weighted by Gasteiger charge is 2.11. The second-order valence-corrected chi connectivity index (χ2v) is 6.14. The van der Waals surface area contributed by atoms with Crippen molar-refractivity contribution < 1.29 is 0 Å². The van der Waals surface area contributed by atoms with E-state index >= 15 is 0 Å². The fourth-order valence-electron chi connectivity index (χ4n) is 2.65. The summed E-state index contributed by atoms with van der Waals surface area (Å²) in [4.78, 5) is 4.89. The van der Waals surface area contributed by atoms with Crippen molar-refractivity contribution in [3.05, 3.63) is 29.6 Å². The molecule has 21 heavy (non-hydrogen) atoms. The maximum Gasteiger partial charge on any atom is 0.111 e. The Balaban J connectivity index is 2.31. The Hall–Kier alpha value is -1.35. The number of imidazole rings is 1. The zero-order valence-corrected chi connectivity index (χ0v) is 13.9. The third-order valence-electron chi connectivity index (χ3n) is 4.01. The van der Waals surface area contributed by atoms with E-state index in [1.807, 2.05) is 0 Å². The van der Waals surface area contributed by atoms with E-state index in [-0.39, 0.29) is 0 Å². The van der Waals surface area contributed by atoms with Crippen molar-refractivity contribution in [3.8, 4) is 0 Å². The van der Waals surface area contributed by atoms with Gasteiger partial charge in [0.1, 0.15) is 5.82 Å². The zero-order chi connectivity index (χ0) is 15.2. The van der Waals surface area contributed by atoms with Crippen LogP contribution in [0.4, 0.5) is 0 Å². The topological polar surface area (TPSA) is 29.9 Å². The van der Waals surface area contributed by atoms with Crippen LogP contribution in [-0.4, -0.2) is 22.6 Å². The van der Waals surface area contributed by atoms with Crippen LogP contribution in [0.15, 0.2) is 18.2 Å². The molecule has 0 saturated carbocycles. The lowest BCUT2D eigenvalue weighted by Gasteiger charge is -2.11. The van der Waals surface area contributed by atoms with E-state index in [4.69, 9.17) is 4.98 Å². The molecule has 0 aliphatic rings. The standard InChI is InChI=1S/C18H29N3/c1-5-15-7-8-17-16(13-15)20-18(9-11-19-6-2)21(17)12-10-14(3)4/h7-8,13-14,19H,5-6,9-12H2,1-4H3. The van der Waals surface area contributed by atoms with Gasteiger partial charge >= 0.3 is 0 Å². The van der Waals surface area contributed by atoms with E-state index in [0.717, 1.165) is 43.9 Å². The zero-order valence-electron chi connectivity index (χ0n) is 13.9. The van der Waals surface area contributed by atoms with Crippen molar-refractivity contribution in [2.24, 2.45) is 5.92 Å². The third kappa shape index (κ3) is 4.07. The summed E-state index contributed by atoms with van der Waals surface area (Å²) < 4.78 is 2.42. The second-order valence-electron chi connectivity index (χ2n) is 6.14. The highest BCUT2D eigenvalue weighted by atomic mass is 15.1. The van der Waals surface area contributed by atoms with Crippen molar-refractivity contribution in [3.63, 3.8) is 0 Å². The Kier molecular flexibility index (Phi) is 5.80. The molecular formula is C18H29N3. The van der Waals surface area contributed by atoms with Crippen LogP contribution in [0, 0.1) is 5.92 Å². The van der Waals surface area contributed by atoms with Gasteiger partial charge in [-0.2, -0.15) is 0 Å². The highest BCUT2D eigenvalue weighted by Crippen LogP contribution is 2.20. The van der Waals surface area contributed by atoms with Crippen molar-refractivity contribution >= 4 is 11.0 Å². The number of hydrogen-bond acceptors (Lipinski definition) is 2. The summed E-state index contributed by atoms with van der Waals surface area (Å²) in [5.74, 6) is 1.94. The smallest absolute Gasteiger partial charge is 0.111 e. The van der Waals surface area contributed by atoms with Gasteiger partial charge in [-0.05, 0) is 43.0 Å². The maximum absolute atomic E-state index is 4.89. The predicted octanol–water partition coefficient (Wildman–Crippen LogP) is 3.80. The number of nitrogens with one attached hydrogen (secondary N) is 1. The maximum atomic E-state index is 4.89. The van der Waals surface area contributed by atoms with Gasteiger partial charge in [-0.15, -0.1) is 0 Å². The fraction of sp³-hybridized carbons (Fsp3) is 0.611.